The lowest BCUT2D eigenvalue weighted by molar-refractivity contribution is -0.116. The lowest BCUT2D eigenvalue weighted by Gasteiger charge is -2.08. The summed E-state index contributed by atoms with van der Waals surface area (Å²) in [7, 11) is 0. The Morgan fingerprint density at radius 1 is 1.32 bits per heavy atom. The fourth-order valence-electron chi connectivity index (χ4n) is 2.09. The average molecular weight is 301 g/mol. The Morgan fingerprint density at radius 2 is 2.09 bits per heavy atom. The van der Waals surface area contributed by atoms with Crippen LogP contribution in [0.15, 0.2) is 22.7 Å². The van der Waals surface area contributed by atoms with Gasteiger partial charge in [-0.2, -0.15) is 4.98 Å². The van der Waals surface area contributed by atoms with Gasteiger partial charge < -0.3 is 9.84 Å². The predicted molar refractivity (Wildman–Crippen MR) is 85.9 cm³/mol. The summed E-state index contributed by atoms with van der Waals surface area (Å²) in [4.78, 5) is 16.3. The normalized spacial score (nSPS) is 11.0. The summed E-state index contributed by atoms with van der Waals surface area (Å²) >= 11 is 0. The first-order valence-corrected chi connectivity index (χ1v) is 7.65. The van der Waals surface area contributed by atoms with Crippen LogP contribution in [0, 0.1) is 13.8 Å². The zero-order chi connectivity index (χ0) is 16.1. The maximum absolute atomic E-state index is 12.0. The summed E-state index contributed by atoms with van der Waals surface area (Å²) in [6.45, 7) is 8.04. The standard InChI is InChI=1S/C17H23N3O2/c1-11(2)17-19-16(22-20-17)7-5-6-15(21)18-14-10-12(3)8-9-13(14)4/h8-11H,5-7H2,1-4H3,(H,18,21). The van der Waals surface area contributed by atoms with Crippen molar-refractivity contribution >= 4 is 11.6 Å². The van der Waals surface area contributed by atoms with Gasteiger partial charge in [0.25, 0.3) is 0 Å². The minimum atomic E-state index is 0.0114. The predicted octanol–water partition coefficient (Wildman–Crippen LogP) is 3.77. The summed E-state index contributed by atoms with van der Waals surface area (Å²) in [6, 6.07) is 6.03. The fourth-order valence-corrected chi connectivity index (χ4v) is 2.09. The molecule has 0 saturated carbocycles. The van der Waals surface area contributed by atoms with Gasteiger partial charge in [-0.15, -0.1) is 0 Å². The molecule has 1 heterocycles. The molecule has 5 nitrogen and oxygen atoms in total. The molecule has 1 amide bonds. The lowest BCUT2D eigenvalue weighted by atomic mass is 10.1. The van der Waals surface area contributed by atoms with Crippen molar-refractivity contribution in [2.24, 2.45) is 0 Å². The number of hydrogen-bond acceptors (Lipinski definition) is 4. The van der Waals surface area contributed by atoms with Crippen LogP contribution in [-0.2, 0) is 11.2 Å². The maximum atomic E-state index is 12.0. The van der Waals surface area contributed by atoms with E-state index in [1.807, 2.05) is 45.9 Å². The molecule has 5 heteroatoms. The number of carbonyl (C=O) groups is 1. The molecule has 118 valence electrons. The Labute approximate surface area is 131 Å². The third-order valence-corrected chi connectivity index (χ3v) is 3.46. The van der Waals surface area contributed by atoms with Crippen LogP contribution in [0.2, 0.25) is 0 Å². The number of hydrogen-bond donors (Lipinski definition) is 1. The van der Waals surface area contributed by atoms with Gasteiger partial charge >= 0.3 is 0 Å². The molecule has 1 aromatic carbocycles. The van der Waals surface area contributed by atoms with Crippen molar-refractivity contribution < 1.29 is 9.32 Å². The van der Waals surface area contributed by atoms with Crippen molar-refractivity contribution in [1.82, 2.24) is 10.1 Å². The van der Waals surface area contributed by atoms with Crippen LogP contribution in [-0.4, -0.2) is 16.0 Å². The van der Waals surface area contributed by atoms with E-state index in [0.717, 1.165) is 22.6 Å². The molecule has 0 aliphatic carbocycles. The van der Waals surface area contributed by atoms with Crippen molar-refractivity contribution in [1.29, 1.82) is 0 Å². The first-order valence-electron chi connectivity index (χ1n) is 7.65. The lowest BCUT2D eigenvalue weighted by Crippen LogP contribution is -2.12. The highest BCUT2D eigenvalue weighted by atomic mass is 16.5. The molecule has 0 unspecified atom stereocenters. The van der Waals surface area contributed by atoms with Gasteiger partial charge in [-0.3, -0.25) is 4.79 Å². The molecule has 0 saturated heterocycles. The number of amides is 1. The smallest absolute Gasteiger partial charge is 0.226 e. The minimum absolute atomic E-state index is 0.0114. The van der Waals surface area contributed by atoms with Crippen molar-refractivity contribution in [2.75, 3.05) is 5.32 Å². The molecule has 0 fully saturated rings. The molecule has 2 rings (SSSR count). The van der Waals surface area contributed by atoms with Crippen molar-refractivity contribution in [2.45, 2.75) is 52.9 Å². The number of anilines is 1. The minimum Gasteiger partial charge on any atom is -0.339 e. The van der Waals surface area contributed by atoms with E-state index >= 15 is 0 Å². The highest BCUT2D eigenvalue weighted by molar-refractivity contribution is 5.91. The van der Waals surface area contributed by atoms with Gasteiger partial charge in [0.15, 0.2) is 5.82 Å². The SMILES string of the molecule is Cc1ccc(C)c(NC(=O)CCCc2nc(C(C)C)no2)c1. The van der Waals surface area contributed by atoms with Gasteiger partial charge in [-0.1, -0.05) is 31.1 Å². The molecule has 0 spiro atoms. The van der Waals surface area contributed by atoms with Crippen LogP contribution in [0.25, 0.3) is 0 Å². The molecule has 2 aromatic rings. The number of benzene rings is 1. The van der Waals surface area contributed by atoms with Gasteiger partial charge in [0.05, 0.1) is 0 Å². The first-order chi connectivity index (χ1) is 10.5. The molecule has 1 aromatic heterocycles. The monoisotopic (exact) mass is 301 g/mol. The number of nitrogens with zero attached hydrogens (tertiary/aromatic N) is 2. The van der Waals surface area contributed by atoms with E-state index in [0.29, 0.717) is 25.2 Å². The number of aryl methyl sites for hydroxylation is 3. The van der Waals surface area contributed by atoms with Crippen LogP contribution in [0.4, 0.5) is 5.69 Å². The van der Waals surface area contributed by atoms with Crippen molar-refractivity contribution in [3.8, 4) is 0 Å². The van der Waals surface area contributed by atoms with Gasteiger partial charge in [-0.05, 0) is 37.5 Å². The second kappa shape index (κ2) is 7.20. The summed E-state index contributed by atoms with van der Waals surface area (Å²) in [5.74, 6) is 1.58. The summed E-state index contributed by atoms with van der Waals surface area (Å²) in [6.07, 6.45) is 1.75. The highest BCUT2D eigenvalue weighted by Crippen LogP contribution is 2.17. The van der Waals surface area contributed by atoms with E-state index in [4.69, 9.17) is 4.52 Å². The summed E-state index contributed by atoms with van der Waals surface area (Å²) in [5, 5.41) is 6.87. The molecule has 22 heavy (non-hydrogen) atoms. The molecule has 0 aliphatic rings. The topological polar surface area (TPSA) is 68.0 Å². The average Bonchev–Trinajstić information content (AvgIpc) is 2.92. The van der Waals surface area contributed by atoms with E-state index in [9.17, 15) is 4.79 Å². The van der Waals surface area contributed by atoms with E-state index in [2.05, 4.69) is 15.5 Å². The second-order valence-electron chi connectivity index (χ2n) is 5.92. The van der Waals surface area contributed by atoms with Crippen LogP contribution < -0.4 is 5.32 Å². The molecule has 0 bridgehead atoms. The Morgan fingerprint density at radius 3 is 2.77 bits per heavy atom. The number of aromatic nitrogens is 2. The Balaban J connectivity index is 1.81. The molecule has 0 atom stereocenters. The van der Waals surface area contributed by atoms with Gasteiger partial charge in [0, 0.05) is 24.4 Å². The van der Waals surface area contributed by atoms with Crippen LogP contribution in [0.3, 0.4) is 0 Å². The van der Waals surface area contributed by atoms with Gasteiger partial charge in [-0.25, -0.2) is 0 Å². The Hall–Kier alpha value is -2.17. The van der Waals surface area contributed by atoms with Crippen LogP contribution in [0.5, 0.6) is 0 Å². The van der Waals surface area contributed by atoms with E-state index in [1.165, 1.54) is 0 Å². The van der Waals surface area contributed by atoms with E-state index < -0.39 is 0 Å². The summed E-state index contributed by atoms with van der Waals surface area (Å²) < 4.78 is 5.17. The van der Waals surface area contributed by atoms with E-state index in [1.54, 1.807) is 0 Å². The van der Waals surface area contributed by atoms with Crippen molar-refractivity contribution in [3.05, 3.63) is 41.0 Å². The molecular weight excluding hydrogens is 278 g/mol. The van der Waals surface area contributed by atoms with Gasteiger partial charge in [0.2, 0.25) is 11.8 Å². The fraction of sp³-hybridized carbons (Fsp3) is 0.471. The Kier molecular flexibility index (Phi) is 5.31. The summed E-state index contributed by atoms with van der Waals surface area (Å²) in [5.41, 5.74) is 3.08. The third kappa shape index (κ3) is 4.41. The van der Waals surface area contributed by atoms with Crippen LogP contribution in [0.1, 0.15) is 55.4 Å². The number of nitrogens with one attached hydrogen (secondary N) is 1. The third-order valence-electron chi connectivity index (χ3n) is 3.46. The zero-order valence-electron chi connectivity index (χ0n) is 13.6. The Bertz CT molecular complexity index is 647. The van der Waals surface area contributed by atoms with Crippen molar-refractivity contribution in [3.63, 3.8) is 0 Å². The molecule has 0 radical (unpaired) electrons. The highest BCUT2D eigenvalue weighted by Gasteiger charge is 2.10. The number of carbonyl (C=O) groups excluding carboxylic acids is 1. The zero-order valence-corrected chi connectivity index (χ0v) is 13.6. The maximum Gasteiger partial charge on any atom is 0.226 e. The second-order valence-corrected chi connectivity index (χ2v) is 5.92. The number of rotatable bonds is 6. The van der Waals surface area contributed by atoms with Crippen LogP contribution >= 0.6 is 0 Å². The first kappa shape index (κ1) is 16.2. The molecule has 0 aliphatic heterocycles. The van der Waals surface area contributed by atoms with Gasteiger partial charge in [0.1, 0.15) is 0 Å². The molecule has 1 N–H and O–H groups in total. The quantitative estimate of drug-likeness (QED) is 0.881. The molecular formula is C17H23N3O2. The van der Waals surface area contributed by atoms with E-state index in [-0.39, 0.29) is 11.8 Å². The largest absolute Gasteiger partial charge is 0.339 e.